The summed E-state index contributed by atoms with van der Waals surface area (Å²) < 4.78 is 0. The summed E-state index contributed by atoms with van der Waals surface area (Å²) in [6.07, 6.45) is 7.42. The first-order chi connectivity index (χ1) is 59.5. The molecule has 0 aliphatic rings. The summed E-state index contributed by atoms with van der Waals surface area (Å²) in [7, 11) is 0. The van der Waals surface area contributed by atoms with Crippen LogP contribution in [-0.2, 0) is 0 Å². The zero-order chi connectivity index (χ0) is 79.4. The third-order valence-electron chi connectivity index (χ3n) is 23.6. The number of fused-ring (bicyclic) bond motifs is 10. The van der Waals surface area contributed by atoms with E-state index in [1.54, 1.807) is 6.20 Å². The topological polar surface area (TPSA) is 77.3 Å². The zero-order valence-corrected chi connectivity index (χ0v) is 65.3. The minimum Gasteiger partial charge on any atom is -0.264 e. The monoisotopic (exact) mass is 1520 g/mol. The average Bonchev–Trinajstić information content (AvgIpc) is 0.729. The van der Waals surface area contributed by atoms with Crippen LogP contribution in [0, 0.1) is 0 Å². The van der Waals surface area contributed by atoms with Crippen LogP contribution in [0.4, 0.5) is 0 Å². The molecule has 558 valence electrons. The van der Waals surface area contributed by atoms with Crippen LogP contribution in [-0.4, -0.2) is 29.9 Å². The van der Waals surface area contributed by atoms with Gasteiger partial charge >= 0.3 is 0 Å². The number of nitrogens with zero attached hydrogens (tertiary/aromatic N) is 6. The molecular formula is C114H72N6. The summed E-state index contributed by atoms with van der Waals surface area (Å²) in [5.74, 6) is 1.35. The Morgan fingerprint density at radius 2 is 0.450 bits per heavy atom. The van der Waals surface area contributed by atoms with Gasteiger partial charge in [-0.1, -0.05) is 346 Å². The Labute approximate surface area is 694 Å². The molecule has 23 rings (SSSR count). The highest BCUT2D eigenvalue weighted by Gasteiger charge is 2.23. The SMILES string of the molecule is c1cncc(-c2cccc(-c3cc(-c4cc5ccccc5c5ccccc45)nc(-c4cccc(-c5c6ccccc6c(-c6ccc7ccccc7c6)c6ccccc56)c4)n3)c2)c1.c1cncc(-c2cccc(-c3cc(-c4cccc5ccccc45)nc(-c4cccc(-c5c6ccccc6c(-c6ccc7ccccc7c6)c6ccccc56)c4)n3)c2)c1. The van der Waals surface area contributed by atoms with E-state index >= 15 is 0 Å². The predicted molar refractivity (Wildman–Crippen MR) is 502 cm³/mol. The van der Waals surface area contributed by atoms with Crippen molar-refractivity contribution in [1.29, 1.82) is 0 Å². The van der Waals surface area contributed by atoms with Crippen LogP contribution < -0.4 is 0 Å². The van der Waals surface area contributed by atoms with Gasteiger partial charge in [-0.15, -0.1) is 0 Å². The molecule has 0 spiro atoms. The van der Waals surface area contributed by atoms with E-state index in [2.05, 4.69) is 410 Å². The van der Waals surface area contributed by atoms with Crippen molar-refractivity contribution in [2.45, 2.75) is 0 Å². The second-order valence-corrected chi connectivity index (χ2v) is 30.8. The van der Waals surface area contributed by atoms with Gasteiger partial charge in [-0.2, -0.15) is 0 Å². The molecule has 0 N–H and O–H groups in total. The van der Waals surface area contributed by atoms with Crippen LogP contribution in [0.5, 0.6) is 0 Å². The Kier molecular flexibility index (Phi) is 17.8. The molecule has 0 amide bonds. The Morgan fingerprint density at radius 1 is 0.142 bits per heavy atom. The van der Waals surface area contributed by atoms with Gasteiger partial charge in [0.05, 0.1) is 22.8 Å². The molecule has 4 heterocycles. The summed E-state index contributed by atoms with van der Waals surface area (Å²) in [6.45, 7) is 0. The molecule has 6 nitrogen and oxygen atoms in total. The molecular weight excluding hydrogens is 1450 g/mol. The van der Waals surface area contributed by atoms with Gasteiger partial charge in [0.2, 0.25) is 0 Å². The summed E-state index contributed by atoms with van der Waals surface area (Å²) in [5.41, 5.74) is 23.4. The van der Waals surface area contributed by atoms with Crippen LogP contribution in [0.3, 0.4) is 0 Å². The van der Waals surface area contributed by atoms with E-state index in [4.69, 9.17) is 19.9 Å². The lowest BCUT2D eigenvalue weighted by Gasteiger charge is -2.18. The molecule has 0 fully saturated rings. The Hall–Kier alpha value is -16.0. The van der Waals surface area contributed by atoms with Crippen LogP contribution in [0.1, 0.15) is 0 Å². The van der Waals surface area contributed by atoms with Crippen molar-refractivity contribution in [3.63, 3.8) is 0 Å². The fraction of sp³-hybridized carbons (Fsp3) is 0. The number of benzene rings is 19. The molecule has 0 radical (unpaired) electrons. The maximum absolute atomic E-state index is 5.45. The summed E-state index contributed by atoms with van der Waals surface area (Å²) in [4.78, 5) is 30.3. The van der Waals surface area contributed by atoms with E-state index in [9.17, 15) is 0 Å². The quantitative estimate of drug-likeness (QED) is 0.0896. The molecule has 120 heavy (non-hydrogen) atoms. The lowest BCUT2D eigenvalue weighted by Crippen LogP contribution is -1.97. The molecule has 4 aromatic heterocycles. The highest BCUT2D eigenvalue weighted by Crippen LogP contribution is 2.48. The standard InChI is InChI=1S/C59H37N3.C55H35N3/c1-2-15-39-33-44(30-29-38(39)14-1)58-52-27-9-7-25-50(52)57(51-26-8-10-28-53(51)58)43-19-12-20-45(34-43)59-61-55(42-18-11-17-40(32-42)46-21-13-31-60-37-46)36-56(62-59)54-35-41-16-3-4-22-47(41)48-23-5-6-24-49(48)54;1-2-15-38-32-42(29-28-36(38)13-1)54-49-25-7-5-23-47(49)53(48-24-6-8-26-50(48)54)41-19-10-20-43(33-41)55-57-51(40-18-9-17-39(31-40)44-21-12-30-56-35-44)34-52(58-55)46-27-11-16-37-14-3-4-22-45(37)46/h1-37H;1-35H. The number of pyridine rings is 2. The second-order valence-electron chi connectivity index (χ2n) is 30.8. The Bertz CT molecular complexity index is 7870. The van der Waals surface area contributed by atoms with Gasteiger partial charge in [0.1, 0.15) is 0 Å². The molecule has 0 aliphatic carbocycles. The van der Waals surface area contributed by atoms with Crippen molar-refractivity contribution >= 4 is 97.0 Å². The lowest BCUT2D eigenvalue weighted by atomic mass is 9.85. The van der Waals surface area contributed by atoms with Crippen molar-refractivity contribution < 1.29 is 0 Å². The number of rotatable bonds is 12. The van der Waals surface area contributed by atoms with Gasteiger partial charge in [-0.25, -0.2) is 19.9 Å². The minimum absolute atomic E-state index is 0.671. The Morgan fingerprint density at radius 3 is 0.892 bits per heavy atom. The molecule has 0 atom stereocenters. The van der Waals surface area contributed by atoms with Gasteiger partial charge in [0, 0.05) is 69.3 Å². The van der Waals surface area contributed by atoms with E-state index in [1.807, 2.05) is 30.7 Å². The predicted octanol–water partition coefficient (Wildman–Crippen LogP) is 30.1. The molecule has 6 heteroatoms. The summed E-state index contributed by atoms with van der Waals surface area (Å²) in [6, 6.07) is 148. The van der Waals surface area contributed by atoms with E-state index < -0.39 is 0 Å². The van der Waals surface area contributed by atoms with Crippen molar-refractivity contribution in [1.82, 2.24) is 29.9 Å². The fourth-order valence-electron chi connectivity index (χ4n) is 18.0. The normalized spacial score (nSPS) is 11.5. The van der Waals surface area contributed by atoms with E-state index in [0.29, 0.717) is 11.6 Å². The molecule has 19 aromatic carbocycles. The minimum atomic E-state index is 0.671. The van der Waals surface area contributed by atoms with E-state index in [1.165, 1.54) is 120 Å². The highest BCUT2D eigenvalue weighted by atomic mass is 14.9. The molecule has 0 aliphatic heterocycles. The third-order valence-corrected chi connectivity index (χ3v) is 23.6. The number of aromatic nitrogens is 6. The van der Waals surface area contributed by atoms with Crippen molar-refractivity contribution in [3.05, 3.63) is 437 Å². The van der Waals surface area contributed by atoms with Crippen LogP contribution in [0.2, 0.25) is 0 Å². The highest BCUT2D eigenvalue weighted by molar-refractivity contribution is 6.24. The van der Waals surface area contributed by atoms with Crippen LogP contribution in [0.15, 0.2) is 437 Å². The van der Waals surface area contributed by atoms with Crippen molar-refractivity contribution in [2.24, 2.45) is 0 Å². The fourth-order valence-corrected chi connectivity index (χ4v) is 18.0. The lowest BCUT2D eigenvalue weighted by molar-refractivity contribution is 1.18. The summed E-state index contributed by atoms with van der Waals surface area (Å²) in [5, 5.41) is 21.8. The molecule has 0 saturated heterocycles. The van der Waals surface area contributed by atoms with Crippen molar-refractivity contribution in [3.8, 4) is 135 Å². The molecule has 0 unspecified atom stereocenters. The molecule has 0 bridgehead atoms. The van der Waals surface area contributed by atoms with Crippen LogP contribution in [0.25, 0.3) is 232 Å². The van der Waals surface area contributed by atoms with Gasteiger partial charge < -0.3 is 0 Å². The Balaban J connectivity index is 0.000000144. The second kappa shape index (κ2) is 30.3. The maximum Gasteiger partial charge on any atom is 0.160 e. The van der Waals surface area contributed by atoms with Gasteiger partial charge in [0.15, 0.2) is 11.6 Å². The van der Waals surface area contributed by atoms with Gasteiger partial charge in [-0.05, 0) is 219 Å². The first-order valence-corrected chi connectivity index (χ1v) is 40.7. The first-order valence-electron chi connectivity index (χ1n) is 40.7. The van der Waals surface area contributed by atoms with Gasteiger partial charge in [0.25, 0.3) is 0 Å². The number of hydrogen-bond acceptors (Lipinski definition) is 6. The first kappa shape index (κ1) is 70.6. The summed E-state index contributed by atoms with van der Waals surface area (Å²) >= 11 is 0. The van der Waals surface area contributed by atoms with E-state index in [0.717, 1.165) is 100 Å². The van der Waals surface area contributed by atoms with Crippen LogP contribution >= 0.6 is 0 Å². The smallest absolute Gasteiger partial charge is 0.160 e. The van der Waals surface area contributed by atoms with Gasteiger partial charge in [-0.3, -0.25) is 9.97 Å². The molecule has 23 aromatic rings. The third kappa shape index (κ3) is 13.0. The average molecular weight is 1530 g/mol. The largest absolute Gasteiger partial charge is 0.264 e. The molecule has 0 saturated carbocycles. The zero-order valence-electron chi connectivity index (χ0n) is 65.3. The maximum atomic E-state index is 5.45. The van der Waals surface area contributed by atoms with Crippen molar-refractivity contribution in [2.75, 3.05) is 0 Å². The number of hydrogen-bond donors (Lipinski definition) is 0. The van der Waals surface area contributed by atoms with E-state index in [-0.39, 0.29) is 0 Å².